The van der Waals surface area contributed by atoms with Crippen LogP contribution < -0.4 is 15.4 Å². The summed E-state index contributed by atoms with van der Waals surface area (Å²) in [4.78, 5) is 12.7. The summed E-state index contributed by atoms with van der Waals surface area (Å²) in [5, 5.41) is 5.66. The molecule has 0 heterocycles. The van der Waals surface area contributed by atoms with Gasteiger partial charge in [0.05, 0.1) is 11.3 Å². The van der Waals surface area contributed by atoms with Gasteiger partial charge in [-0.3, -0.25) is 9.52 Å². The maximum Gasteiger partial charge on any atom is 0.263 e. The summed E-state index contributed by atoms with van der Waals surface area (Å²) in [6.07, 6.45) is 3.39. The summed E-state index contributed by atoms with van der Waals surface area (Å²) in [6.45, 7) is 2.30. The predicted molar refractivity (Wildman–Crippen MR) is 122 cm³/mol. The highest BCUT2D eigenvalue weighted by Gasteiger charge is 2.38. The number of hydrogen-bond acceptors (Lipinski definition) is 4. The number of aryl methyl sites for hydroxylation is 1. The summed E-state index contributed by atoms with van der Waals surface area (Å²) in [6, 6.07) is 15.3. The number of rotatable bonds is 7. The van der Waals surface area contributed by atoms with E-state index in [1.54, 1.807) is 26.1 Å². The predicted octanol–water partition coefficient (Wildman–Crippen LogP) is 2.56. The average molecular weight is 446 g/mol. The zero-order chi connectivity index (χ0) is 21.8. The molecule has 1 aliphatic carbocycles. The molecule has 1 saturated carbocycles. The molecule has 0 atom stereocenters. The van der Waals surface area contributed by atoms with Crippen LogP contribution in [0.15, 0.2) is 53.4 Å². The fraction of sp³-hybridized carbons (Fsp3) is 0.364. The molecule has 0 bridgehead atoms. The summed E-state index contributed by atoms with van der Waals surface area (Å²) in [5.41, 5.74) is 2.48. The Morgan fingerprint density at radius 1 is 1.13 bits per heavy atom. The van der Waals surface area contributed by atoms with E-state index in [4.69, 9.17) is 12.2 Å². The van der Waals surface area contributed by atoms with Crippen LogP contribution in [0.5, 0.6) is 0 Å². The third-order valence-electron chi connectivity index (χ3n) is 5.68. The van der Waals surface area contributed by atoms with Crippen molar-refractivity contribution in [3.8, 4) is 0 Å². The van der Waals surface area contributed by atoms with E-state index in [9.17, 15) is 13.2 Å². The van der Waals surface area contributed by atoms with Crippen LogP contribution in [-0.4, -0.2) is 33.0 Å². The Hall–Kier alpha value is -2.45. The second kappa shape index (κ2) is 9.14. The number of amides is 1. The largest absolute Gasteiger partial charge is 0.365 e. The van der Waals surface area contributed by atoms with Gasteiger partial charge in [-0.1, -0.05) is 48.9 Å². The summed E-state index contributed by atoms with van der Waals surface area (Å²) < 4.78 is 27.5. The van der Waals surface area contributed by atoms with Crippen LogP contribution in [-0.2, 0) is 26.7 Å². The van der Waals surface area contributed by atoms with Gasteiger partial charge in [-0.25, -0.2) is 8.42 Å². The second-order valence-electron chi connectivity index (χ2n) is 7.74. The Morgan fingerprint density at radius 3 is 2.43 bits per heavy atom. The molecule has 0 saturated heterocycles. The smallest absolute Gasteiger partial charge is 0.263 e. The van der Waals surface area contributed by atoms with E-state index in [-0.39, 0.29) is 27.8 Å². The molecule has 1 aliphatic rings. The summed E-state index contributed by atoms with van der Waals surface area (Å²) >= 11 is 4.91. The van der Waals surface area contributed by atoms with Crippen molar-refractivity contribution < 1.29 is 13.2 Å². The Morgan fingerprint density at radius 2 is 1.83 bits per heavy atom. The lowest BCUT2D eigenvalue weighted by molar-refractivity contribution is -0.120. The van der Waals surface area contributed by atoms with Crippen molar-refractivity contribution in [2.75, 3.05) is 13.6 Å². The van der Waals surface area contributed by atoms with Gasteiger partial charge < -0.3 is 10.6 Å². The lowest BCUT2D eigenvalue weighted by atomic mass is 9.64. The molecule has 30 heavy (non-hydrogen) atoms. The number of carbonyl (C=O) groups is 1. The number of thiocarbonyl (C=S) groups is 1. The third-order valence-corrected chi connectivity index (χ3v) is 7.61. The lowest BCUT2D eigenvalue weighted by Gasteiger charge is -2.42. The van der Waals surface area contributed by atoms with Crippen molar-refractivity contribution in [2.45, 2.75) is 42.9 Å². The molecule has 1 fully saturated rings. The Kier molecular flexibility index (Phi) is 6.77. The van der Waals surface area contributed by atoms with Gasteiger partial charge in [0.15, 0.2) is 5.11 Å². The second-order valence-corrected chi connectivity index (χ2v) is 9.80. The fourth-order valence-corrected chi connectivity index (χ4v) is 5.33. The molecule has 160 valence electrons. The normalized spacial score (nSPS) is 15.0. The fourth-order valence-electron chi connectivity index (χ4n) is 3.75. The molecule has 0 aromatic heterocycles. The van der Waals surface area contributed by atoms with Crippen LogP contribution in [0.4, 0.5) is 0 Å². The minimum absolute atomic E-state index is 0.00542. The zero-order valence-corrected chi connectivity index (χ0v) is 18.8. The first-order valence-electron chi connectivity index (χ1n) is 9.92. The average Bonchev–Trinajstić information content (AvgIpc) is 2.69. The van der Waals surface area contributed by atoms with Crippen LogP contribution in [0.25, 0.3) is 0 Å². The summed E-state index contributed by atoms with van der Waals surface area (Å²) in [7, 11) is -2.27. The molecule has 3 rings (SSSR count). The van der Waals surface area contributed by atoms with Gasteiger partial charge in [-0.05, 0) is 54.7 Å². The van der Waals surface area contributed by atoms with Gasteiger partial charge in [0.25, 0.3) is 10.0 Å². The van der Waals surface area contributed by atoms with Crippen LogP contribution in [0.3, 0.4) is 0 Å². The SMILES string of the molecule is CNC(=S)NS(=O)(=O)c1cc(CC(=O)NCC2(c3ccccc3)CCC2)ccc1C. The number of sulfonamides is 1. The van der Waals surface area contributed by atoms with Crippen LogP contribution >= 0.6 is 12.2 Å². The monoisotopic (exact) mass is 445 g/mol. The highest BCUT2D eigenvalue weighted by atomic mass is 32.2. The minimum atomic E-state index is -3.81. The maximum absolute atomic E-state index is 12.6. The molecule has 2 aromatic carbocycles. The highest BCUT2D eigenvalue weighted by molar-refractivity contribution is 7.91. The minimum Gasteiger partial charge on any atom is -0.365 e. The van der Waals surface area contributed by atoms with E-state index >= 15 is 0 Å². The van der Waals surface area contributed by atoms with Gasteiger partial charge in [0.1, 0.15) is 0 Å². The molecule has 0 spiro atoms. The number of nitrogens with one attached hydrogen (secondary N) is 3. The van der Waals surface area contributed by atoms with E-state index in [0.29, 0.717) is 17.7 Å². The highest BCUT2D eigenvalue weighted by Crippen LogP contribution is 2.43. The molecular weight excluding hydrogens is 418 g/mol. The summed E-state index contributed by atoms with van der Waals surface area (Å²) in [5.74, 6) is -0.122. The molecule has 6 nitrogen and oxygen atoms in total. The van der Waals surface area contributed by atoms with Gasteiger partial charge >= 0.3 is 0 Å². The van der Waals surface area contributed by atoms with Gasteiger partial charge in [0, 0.05) is 19.0 Å². The van der Waals surface area contributed by atoms with Crippen molar-refractivity contribution >= 4 is 33.3 Å². The molecular formula is C22H27N3O3S2. The lowest BCUT2D eigenvalue weighted by Crippen LogP contribution is -2.45. The van der Waals surface area contributed by atoms with Crippen molar-refractivity contribution in [3.63, 3.8) is 0 Å². The van der Waals surface area contributed by atoms with Gasteiger partial charge in [-0.15, -0.1) is 0 Å². The van der Waals surface area contributed by atoms with E-state index in [1.807, 2.05) is 18.2 Å². The Labute approximate surface area is 183 Å². The standard InChI is InChI=1S/C22H27N3O3S2/c1-16-9-10-17(13-19(16)30(27,28)25-21(29)23-2)14-20(26)24-15-22(11-6-12-22)18-7-4-3-5-8-18/h3-5,7-10,13H,6,11-12,14-15H2,1-2H3,(H,24,26)(H2,23,25,29). The molecule has 0 unspecified atom stereocenters. The van der Waals surface area contributed by atoms with E-state index in [1.165, 1.54) is 11.6 Å². The van der Waals surface area contributed by atoms with E-state index in [0.717, 1.165) is 19.3 Å². The first-order chi connectivity index (χ1) is 14.3. The molecule has 0 radical (unpaired) electrons. The van der Waals surface area contributed by atoms with Crippen molar-refractivity contribution in [2.24, 2.45) is 0 Å². The molecule has 3 N–H and O–H groups in total. The van der Waals surface area contributed by atoms with Crippen LogP contribution in [0.1, 0.15) is 36.0 Å². The number of benzene rings is 2. The van der Waals surface area contributed by atoms with E-state index in [2.05, 4.69) is 27.5 Å². The first-order valence-corrected chi connectivity index (χ1v) is 11.8. The third kappa shape index (κ3) is 4.99. The zero-order valence-electron chi connectivity index (χ0n) is 17.2. The maximum atomic E-state index is 12.6. The topological polar surface area (TPSA) is 87.3 Å². The van der Waals surface area contributed by atoms with Crippen molar-refractivity contribution in [3.05, 3.63) is 65.2 Å². The molecule has 8 heteroatoms. The van der Waals surface area contributed by atoms with Crippen molar-refractivity contribution in [1.29, 1.82) is 0 Å². The van der Waals surface area contributed by atoms with Crippen molar-refractivity contribution in [1.82, 2.24) is 15.4 Å². The Bertz CT molecular complexity index is 1030. The number of carbonyl (C=O) groups excluding carboxylic acids is 1. The first kappa shape index (κ1) is 22.2. The van der Waals surface area contributed by atoms with Crippen LogP contribution in [0, 0.1) is 6.92 Å². The molecule has 2 aromatic rings. The number of hydrogen-bond donors (Lipinski definition) is 3. The van der Waals surface area contributed by atoms with E-state index < -0.39 is 10.0 Å². The van der Waals surface area contributed by atoms with Gasteiger partial charge in [-0.2, -0.15) is 0 Å². The molecule has 0 aliphatic heterocycles. The molecule has 1 amide bonds. The Balaban J connectivity index is 1.68. The quantitative estimate of drug-likeness (QED) is 0.570. The van der Waals surface area contributed by atoms with Crippen LogP contribution in [0.2, 0.25) is 0 Å². The van der Waals surface area contributed by atoms with Gasteiger partial charge in [0.2, 0.25) is 5.91 Å².